The van der Waals surface area contributed by atoms with E-state index in [4.69, 9.17) is 9.47 Å². The van der Waals surface area contributed by atoms with Gasteiger partial charge in [-0.3, -0.25) is 4.79 Å². The third-order valence-corrected chi connectivity index (χ3v) is 3.91. The monoisotopic (exact) mass is 319 g/mol. The lowest BCUT2D eigenvalue weighted by Crippen LogP contribution is -2.21. The zero-order valence-electron chi connectivity index (χ0n) is 12.2. The van der Waals surface area contributed by atoms with E-state index in [1.807, 2.05) is 17.5 Å². The normalized spacial score (nSPS) is 11.5. The quantitative estimate of drug-likeness (QED) is 0.794. The Balaban J connectivity index is 2.04. The third kappa shape index (κ3) is 4.60. The third-order valence-electron chi connectivity index (χ3n) is 2.95. The number of benzene rings is 1. The Morgan fingerprint density at radius 1 is 1.36 bits per heavy atom. The van der Waals surface area contributed by atoms with Gasteiger partial charge in [0.1, 0.15) is 18.1 Å². The first-order chi connectivity index (χ1) is 10.7. The molecule has 1 amide bonds. The van der Waals surface area contributed by atoms with Gasteiger partial charge in [-0.15, -0.1) is 11.3 Å². The lowest BCUT2D eigenvalue weighted by Gasteiger charge is -2.18. The van der Waals surface area contributed by atoms with E-state index >= 15 is 0 Å². The lowest BCUT2D eigenvalue weighted by atomic mass is 10.2. The van der Waals surface area contributed by atoms with E-state index in [-0.39, 0.29) is 12.7 Å². The SMILES string of the molecule is CNC(=O)OCCC(Oc1cccc(C=O)c1)c1cccs1. The number of amides is 1. The Morgan fingerprint density at radius 2 is 2.23 bits per heavy atom. The molecule has 0 aliphatic rings. The highest BCUT2D eigenvalue weighted by atomic mass is 32.1. The minimum absolute atomic E-state index is 0.230. The van der Waals surface area contributed by atoms with Crippen LogP contribution in [0.2, 0.25) is 0 Å². The molecule has 1 heterocycles. The average molecular weight is 319 g/mol. The predicted octanol–water partition coefficient (Wildman–Crippen LogP) is 3.43. The van der Waals surface area contributed by atoms with Crippen molar-refractivity contribution >= 4 is 23.7 Å². The van der Waals surface area contributed by atoms with E-state index in [0.29, 0.717) is 17.7 Å². The minimum Gasteiger partial charge on any atom is -0.485 e. The molecule has 0 aliphatic carbocycles. The molecule has 0 saturated heterocycles. The smallest absolute Gasteiger partial charge is 0.406 e. The number of ether oxygens (including phenoxy) is 2. The molecule has 0 aliphatic heterocycles. The van der Waals surface area contributed by atoms with Crippen molar-refractivity contribution in [3.05, 3.63) is 52.2 Å². The van der Waals surface area contributed by atoms with Gasteiger partial charge >= 0.3 is 6.09 Å². The second-order valence-electron chi connectivity index (χ2n) is 4.49. The molecular formula is C16H17NO4S. The van der Waals surface area contributed by atoms with Crippen molar-refractivity contribution in [2.75, 3.05) is 13.7 Å². The number of carbonyl (C=O) groups excluding carboxylic acids is 2. The molecule has 1 N–H and O–H groups in total. The molecule has 2 aromatic rings. The van der Waals surface area contributed by atoms with E-state index in [1.165, 1.54) is 7.05 Å². The van der Waals surface area contributed by atoms with Gasteiger partial charge in [-0.1, -0.05) is 18.2 Å². The maximum absolute atomic E-state index is 11.1. The summed E-state index contributed by atoms with van der Waals surface area (Å²) in [5, 5.41) is 4.37. The van der Waals surface area contributed by atoms with E-state index in [9.17, 15) is 9.59 Å². The van der Waals surface area contributed by atoms with Crippen LogP contribution in [0.1, 0.15) is 27.8 Å². The summed E-state index contributed by atoms with van der Waals surface area (Å²) < 4.78 is 11.0. The Bertz CT molecular complexity index is 612. The summed E-state index contributed by atoms with van der Waals surface area (Å²) in [5.74, 6) is 0.614. The van der Waals surface area contributed by atoms with Crippen LogP contribution in [0.25, 0.3) is 0 Å². The maximum Gasteiger partial charge on any atom is 0.406 e. The van der Waals surface area contributed by atoms with Gasteiger partial charge in [0.15, 0.2) is 0 Å². The molecule has 22 heavy (non-hydrogen) atoms. The number of alkyl carbamates (subject to hydrolysis) is 1. The lowest BCUT2D eigenvalue weighted by molar-refractivity contribution is 0.111. The molecule has 0 radical (unpaired) electrons. The fourth-order valence-electron chi connectivity index (χ4n) is 1.89. The Kier molecular flexibility index (Phi) is 5.97. The molecule has 6 heteroatoms. The van der Waals surface area contributed by atoms with E-state index < -0.39 is 6.09 Å². The first-order valence-electron chi connectivity index (χ1n) is 6.82. The number of thiophene rings is 1. The number of rotatable bonds is 7. The molecule has 1 atom stereocenters. The largest absolute Gasteiger partial charge is 0.485 e. The van der Waals surface area contributed by atoms with Gasteiger partial charge < -0.3 is 14.8 Å². The number of carbonyl (C=O) groups is 2. The number of hydrogen-bond acceptors (Lipinski definition) is 5. The van der Waals surface area contributed by atoms with Crippen molar-refractivity contribution in [1.29, 1.82) is 0 Å². The fourth-order valence-corrected chi connectivity index (χ4v) is 2.68. The van der Waals surface area contributed by atoms with Crippen LogP contribution in [0.5, 0.6) is 5.75 Å². The van der Waals surface area contributed by atoms with Crippen molar-refractivity contribution < 1.29 is 19.1 Å². The summed E-state index contributed by atoms with van der Waals surface area (Å²) in [6.07, 6.45) is 0.612. The van der Waals surface area contributed by atoms with Crippen LogP contribution in [-0.4, -0.2) is 26.0 Å². The molecule has 0 spiro atoms. The van der Waals surface area contributed by atoms with E-state index in [1.54, 1.807) is 35.6 Å². The minimum atomic E-state index is -0.465. The fraction of sp³-hybridized carbons (Fsp3) is 0.250. The second-order valence-corrected chi connectivity index (χ2v) is 5.47. The first-order valence-corrected chi connectivity index (χ1v) is 7.70. The van der Waals surface area contributed by atoms with Crippen LogP contribution < -0.4 is 10.1 Å². The van der Waals surface area contributed by atoms with E-state index in [0.717, 1.165) is 11.2 Å². The number of aldehydes is 1. The highest BCUT2D eigenvalue weighted by molar-refractivity contribution is 7.10. The topological polar surface area (TPSA) is 64.6 Å². The number of nitrogens with one attached hydrogen (secondary N) is 1. The molecule has 2 rings (SSSR count). The Labute approximate surface area is 132 Å². The Morgan fingerprint density at radius 3 is 2.91 bits per heavy atom. The maximum atomic E-state index is 11.1. The van der Waals surface area contributed by atoms with Gasteiger partial charge in [-0.2, -0.15) is 0 Å². The highest BCUT2D eigenvalue weighted by Crippen LogP contribution is 2.28. The first kappa shape index (κ1) is 16.0. The zero-order valence-corrected chi connectivity index (χ0v) is 13.0. The van der Waals surface area contributed by atoms with Crippen LogP contribution in [0, 0.1) is 0 Å². The van der Waals surface area contributed by atoms with Crippen LogP contribution in [0.4, 0.5) is 4.79 Å². The second kappa shape index (κ2) is 8.19. The van der Waals surface area contributed by atoms with Gasteiger partial charge in [-0.05, 0) is 23.6 Å². The van der Waals surface area contributed by atoms with Gasteiger partial charge in [0.2, 0.25) is 0 Å². The summed E-state index contributed by atoms with van der Waals surface area (Å²) in [5.41, 5.74) is 0.559. The molecular weight excluding hydrogens is 302 g/mol. The molecule has 0 fully saturated rings. The van der Waals surface area contributed by atoms with Gasteiger partial charge in [-0.25, -0.2) is 4.79 Å². The summed E-state index contributed by atoms with van der Waals surface area (Å²) >= 11 is 1.57. The van der Waals surface area contributed by atoms with Gasteiger partial charge in [0.25, 0.3) is 0 Å². The van der Waals surface area contributed by atoms with Gasteiger partial charge in [0.05, 0.1) is 6.61 Å². The van der Waals surface area contributed by atoms with Crippen molar-refractivity contribution in [3.8, 4) is 5.75 Å². The van der Waals surface area contributed by atoms with Crippen molar-refractivity contribution in [3.63, 3.8) is 0 Å². The van der Waals surface area contributed by atoms with Crippen LogP contribution in [-0.2, 0) is 4.74 Å². The predicted molar refractivity (Wildman–Crippen MR) is 84.5 cm³/mol. The van der Waals surface area contributed by atoms with Crippen molar-refractivity contribution in [1.82, 2.24) is 5.32 Å². The Hall–Kier alpha value is -2.34. The zero-order chi connectivity index (χ0) is 15.8. The standard InChI is InChI=1S/C16H17NO4S/c1-17-16(19)20-8-7-14(15-6-3-9-22-15)21-13-5-2-4-12(10-13)11-18/h2-6,9-11,14H,7-8H2,1H3,(H,17,19). The average Bonchev–Trinajstić information content (AvgIpc) is 3.08. The number of hydrogen-bond donors (Lipinski definition) is 1. The molecule has 116 valence electrons. The summed E-state index contributed by atoms with van der Waals surface area (Å²) in [6, 6.07) is 10.9. The van der Waals surface area contributed by atoms with Crippen molar-refractivity contribution in [2.24, 2.45) is 0 Å². The molecule has 1 unspecified atom stereocenters. The van der Waals surface area contributed by atoms with Crippen LogP contribution in [0.3, 0.4) is 0 Å². The molecule has 5 nitrogen and oxygen atoms in total. The molecule has 1 aromatic carbocycles. The summed E-state index contributed by atoms with van der Waals surface area (Å²) in [7, 11) is 1.51. The van der Waals surface area contributed by atoms with Crippen LogP contribution in [0.15, 0.2) is 41.8 Å². The molecule has 0 bridgehead atoms. The van der Waals surface area contributed by atoms with Crippen LogP contribution >= 0.6 is 11.3 Å². The van der Waals surface area contributed by atoms with Crippen molar-refractivity contribution in [2.45, 2.75) is 12.5 Å². The highest BCUT2D eigenvalue weighted by Gasteiger charge is 2.16. The molecule has 1 aromatic heterocycles. The van der Waals surface area contributed by atoms with E-state index in [2.05, 4.69) is 5.32 Å². The molecule has 0 saturated carbocycles. The summed E-state index contributed by atoms with van der Waals surface area (Å²) in [6.45, 7) is 0.246. The summed E-state index contributed by atoms with van der Waals surface area (Å²) in [4.78, 5) is 23.0. The van der Waals surface area contributed by atoms with Gasteiger partial charge in [0, 0.05) is 23.9 Å².